The molecule has 0 aliphatic rings. The topological polar surface area (TPSA) is 74.3 Å². The molecule has 26 heavy (non-hydrogen) atoms. The van der Waals surface area contributed by atoms with Crippen LogP contribution in [0.3, 0.4) is 0 Å². The molecule has 0 amide bonds. The van der Waals surface area contributed by atoms with Crippen molar-refractivity contribution in [1.82, 2.24) is 9.72 Å². The van der Waals surface area contributed by atoms with Crippen LogP contribution in [-0.2, 0) is 4.74 Å². The number of hydrogen-bond acceptors (Lipinski definition) is 5. The van der Waals surface area contributed by atoms with Crippen LogP contribution in [0.5, 0.6) is 0 Å². The highest BCUT2D eigenvalue weighted by molar-refractivity contribution is 6.30. The monoisotopic (exact) mass is 372 g/mol. The minimum atomic E-state index is -0.573. The molecule has 134 valence electrons. The maximum absolute atomic E-state index is 12.5. The fraction of sp³-hybridized carbons (Fsp3) is 0.211. The summed E-state index contributed by atoms with van der Waals surface area (Å²) in [6, 6.07) is 9.81. The van der Waals surface area contributed by atoms with E-state index in [0.29, 0.717) is 33.4 Å². The predicted molar refractivity (Wildman–Crippen MR) is 96.1 cm³/mol. The van der Waals surface area contributed by atoms with Crippen molar-refractivity contribution >= 4 is 23.4 Å². The molecule has 0 fully saturated rings. The molecule has 6 nitrogen and oxygen atoms in total. The number of nitrogens with zero attached hydrogens (tertiary/aromatic N) is 2. The molecule has 0 bridgehead atoms. The summed E-state index contributed by atoms with van der Waals surface area (Å²) in [5, 5.41) is 4.50. The molecule has 0 aliphatic heterocycles. The Labute approximate surface area is 155 Å². The summed E-state index contributed by atoms with van der Waals surface area (Å²) < 4.78 is 12.0. The van der Waals surface area contributed by atoms with Crippen molar-refractivity contribution < 1.29 is 18.8 Å². The first-order chi connectivity index (χ1) is 12.4. The molecular formula is C19H17ClN2O4. The van der Waals surface area contributed by atoms with E-state index in [2.05, 4.69) is 5.16 Å². The molecule has 1 aromatic carbocycles. The van der Waals surface area contributed by atoms with E-state index in [1.807, 2.05) is 18.4 Å². The molecule has 0 saturated heterocycles. The van der Waals surface area contributed by atoms with Crippen molar-refractivity contribution in [2.24, 2.45) is 0 Å². The van der Waals surface area contributed by atoms with Gasteiger partial charge in [0.2, 0.25) is 5.78 Å². The number of carbonyl (C=O) groups is 2. The maximum atomic E-state index is 12.5. The Morgan fingerprint density at radius 3 is 2.46 bits per heavy atom. The number of rotatable bonds is 5. The Balaban J connectivity index is 1.74. The van der Waals surface area contributed by atoms with E-state index in [1.54, 1.807) is 43.3 Å². The number of aryl methyl sites for hydroxylation is 2. The Morgan fingerprint density at radius 2 is 1.85 bits per heavy atom. The average Bonchev–Trinajstić information content (AvgIpc) is 3.15. The molecule has 0 atom stereocenters. The van der Waals surface area contributed by atoms with Crippen LogP contribution in [0.4, 0.5) is 0 Å². The normalized spacial score (nSPS) is 10.8. The van der Waals surface area contributed by atoms with Gasteiger partial charge in [-0.05, 0) is 51.1 Å². The SMILES string of the molecule is Cc1cc(-n2c(C)cc(C(=O)COC(=O)c3ccc(Cl)cc3)c2C)no1. The van der Waals surface area contributed by atoms with Crippen LogP contribution >= 0.6 is 11.6 Å². The molecule has 2 aromatic heterocycles. The van der Waals surface area contributed by atoms with Crippen LogP contribution < -0.4 is 0 Å². The number of carbonyl (C=O) groups excluding carboxylic acids is 2. The first-order valence-corrected chi connectivity index (χ1v) is 8.33. The fourth-order valence-electron chi connectivity index (χ4n) is 2.73. The first kappa shape index (κ1) is 17.9. The number of Topliss-reactive ketones (excluding diaryl/α,β-unsaturated/α-hetero) is 1. The van der Waals surface area contributed by atoms with E-state index < -0.39 is 5.97 Å². The van der Waals surface area contributed by atoms with E-state index >= 15 is 0 Å². The number of halogens is 1. The molecule has 0 spiro atoms. The van der Waals surface area contributed by atoms with Gasteiger partial charge in [0.25, 0.3) is 0 Å². The summed E-state index contributed by atoms with van der Waals surface area (Å²) in [6.45, 7) is 5.13. The molecule has 3 rings (SSSR count). The summed E-state index contributed by atoms with van der Waals surface area (Å²) in [4.78, 5) is 24.5. The van der Waals surface area contributed by atoms with Gasteiger partial charge in [-0.2, -0.15) is 0 Å². The highest BCUT2D eigenvalue weighted by Gasteiger charge is 2.20. The number of aromatic nitrogens is 2. The van der Waals surface area contributed by atoms with E-state index in [9.17, 15) is 9.59 Å². The largest absolute Gasteiger partial charge is 0.454 e. The van der Waals surface area contributed by atoms with Crippen LogP contribution in [0.25, 0.3) is 5.82 Å². The third-order valence-electron chi connectivity index (χ3n) is 3.99. The highest BCUT2D eigenvalue weighted by atomic mass is 35.5. The molecule has 0 N–H and O–H groups in total. The second-order valence-corrected chi connectivity index (χ2v) is 6.36. The zero-order valence-electron chi connectivity index (χ0n) is 14.6. The number of hydrogen-bond donors (Lipinski definition) is 0. The number of ether oxygens (including phenoxy) is 1. The van der Waals surface area contributed by atoms with Crippen LogP contribution in [0.15, 0.2) is 40.9 Å². The van der Waals surface area contributed by atoms with Gasteiger partial charge in [0, 0.05) is 28.0 Å². The quantitative estimate of drug-likeness (QED) is 0.498. The van der Waals surface area contributed by atoms with Gasteiger partial charge in [-0.3, -0.25) is 9.36 Å². The third kappa shape index (κ3) is 3.55. The zero-order valence-corrected chi connectivity index (χ0v) is 15.3. The first-order valence-electron chi connectivity index (χ1n) is 7.95. The van der Waals surface area contributed by atoms with Crippen molar-refractivity contribution in [3.8, 4) is 5.82 Å². The molecular weight excluding hydrogens is 356 g/mol. The molecule has 3 aromatic rings. The molecule has 2 heterocycles. The second-order valence-electron chi connectivity index (χ2n) is 5.92. The lowest BCUT2D eigenvalue weighted by molar-refractivity contribution is 0.0474. The molecule has 0 aliphatic carbocycles. The summed E-state index contributed by atoms with van der Waals surface area (Å²) in [5.41, 5.74) is 2.37. The molecule has 0 saturated carbocycles. The Bertz CT molecular complexity index is 970. The molecule has 0 unspecified atom stereocenters. The predicted octanol–water partition coefficient (Wildman–Crippen LogP) is 4.08. The van der Waals surface area contributed by atoms with Crippen molar-refractivity contribution in [1.29, 1.82) is 0 Å². The van der Waals surface area contributed by atoms with Crippen molar-refractivity contribution in [2.75, 3.05) is 6.61 Å². The van der Waals surface area contributed by atoms with E-state index in [4.69, 9.17) is 20.9 Å². The van der Waals surface area contributed by atoms with Gasteiger partial charge in [0.15, 0.2) is 12.4 Å². The van der Waals surface area contributed by atoms with Gasteiger partial charge >= 0.3 is 5.97 Å². The third-order valence-corrected chi connectivity index (χ3v) is 4.24. The van der Waals surface area contributed by atoms with E-state index in [1.165, 1.54) is 0 Å². The van der Waals surface area contributed by atoms with Gasteiger partial charge in [0.1, 0.15) is 5.76 Å². The summed E-state index contributed by atoms with van der Waals surface area (Å²) in [6.07, 6.45) is 0. The summed E-state index contributed by atoms with van der Waals surface area (Å²) >= 11 is 5.79. The van der Waals surface area contributed by atoms with Crippen LogP contribution in [0, 0.1) is 20.8 Å². The van der Waals surface area contributed by atoms with Gasteiger partial charge in [-0.15, -0.1) is 0 Å². The van der Waals surface area contributed by atoms with Crippen molar-refractivity contribution in [2.45, 2.75) is 20.8 Å². The van der Waals surface area contributed by atoms with Crippen molar-refractivity contribution in [3.63, 3.8) is 0 Å². The van der Waals surface area contributed by atoms with Crippen molar-refractivity contribution in [3.05, 3.63) is 69.7 Å². The number of benzene rings is 1. The van der Waals surface area contributed by atoms with Crippen LogP contribution in [-0.4, -0.2) is 28.1 Å². The standard InChI is InChI=1S/C19H17ClN2O4/c1-11-8-16(13(3)22(11)18-9-12(2)26-21-18)17(23)10-25-19(24)14-4-6-15(20)7-5-14/h4-9H,10H2,1-3H3. The average molecular weight is 373 g/mol. The molecule has 7 heteroatoms. The van der Waals surface area contributed by atoms with Gasteiger partial charge in [-0.25, -0.2) is 4.79 Å². The van der Waals surface area contributed by atoms with E-state index in [-0.39, 0.29) is 12.4 Å². The Morgan fingerprint density at radius 1 is 1.15 bits per heavy atom. The fourth-order valence-corrected chi connectivity index (χ4v) is 2.86. The smallest absolute Gasteiger partial charge is 0.338 e. The lowest BCUT2D eigenvalue weighted by Gasteiger charge is -2.06. The summed E-state index contributed by atoms with van der Waals surface area (Å²) in [7, 11) is 0. The highest BCUT2D eigenvalue weighted by Crippen LogP contribution is 2.21. The molecule has 0 radical (unpaired) electrons. The lowest BCUT2D eigenvalue weighted by Crippen LogP contribution is -2.15. The minimum absolute atomic E-state index is 0.285. The zero-order chi connectivity index (χ0) is 18.8. The lowest BCUT2D eigenvalue weighted by atomic mass is 10.1. The number of esters is 1. The Hall–Kier alpha value is -2.86. The van der Waals surface area contributed by atoms with Crippen LogP contribution in [0.2, 0.25) is 5.02 Å². The Kier molecular flexibility index (Phi) is 4.95. The number of ketones is 1. The van der Waals surface area contributed by atoms with Gasteiger partial charge < -0.3 is 9.26 Å². The maximum Gasteiger partial charge on any atom is 0.338 e. The van der Waals surface area contributed by atoms with Gasteiger partial charge in [0.05, 0.1) is 5.56 Å². The van der Waals surface area contributed by atoms with Gasteiger partial charge in [-0.1, -0.05) is 16.8 Å². The minimum Gasteiger partial charge on any atom is -0.454 e. The van der Waals surface area contributed by atoms with E-state index in [0.717, 1.165) is 5.69 Å². The second kappa shape index (κ2) is 7.17. The summed E-state index contributed by atoms with van der Waals surface area (Å²) in [5.74, 6) is 0.426. The van der Waals surface area contributed by atoms with Crippen LogP contribution in [0.1, 0.15) is 37.9 Å².